The van der Waals surface area contributed by atoms with Gasteiger partial charge in [0.05, 0.1) is 0 Å². The molecule has 0 bridgehead atoms. The topological polar surface area (TPSA) is 69.6 Å². The van der Waals surface area contributed by atoms with E-state index < -0.39 is 13.4 Å². The van der Waals surface area contributed by atoms with E-state index in [1.165, 1.54) is 0 Å². The lowest BCUT2D eigenvalue weighted by Gasteiger charge is -2.22. The molecule has 0 aliphatic heterocycles. The van der Waals surface area contributed by atoms with Crippen molar-refractivity contribution >= 4 is 24.1 Å². The fourth-order valence-corrected chi connectivity index (χ4v) is 3.50. The number of aryl methyl sites for hydroxylation is 1. The van der Waals surface area contributed by atoms with Crippen LogP contribution in [0, 0.1) is 6.92 Å². The first-order chi connectivity index (χ1) is 10.9. The number of hydrogen-bond donors (Lipinski definition) is 3. The highest BCUT2D eigenvalue weighted by molar-refractivity contribution is 7.52. The fourth-order valence-electron chi connectivity index (χ4n) is 2.63. The van der Waals surface area contributed by atoms with Crippen molar-refractivity contribution in [1.82, 2.24) is 0 Å². The molecule has 0 aliphatic rings. The average Bonchev–Trinajstić information content (AvgIpc) is 2.51. The van der Waals surface area contributed by atoms with Crippen LogP contribution in [0.5, 0.6) is 0 Å². The van der Waals surface area contributed by atoms with E-state index in [1.54, 1.807) is 12.1 Å². The van der Waals surface area contributed by atoms with Crippen LogP contribution in [0.3, 0.4) is 0 Å². The largest absolute Gasteiger partial charge is 0.368 e. The molecule has 23 heavy (non-hydrogen) atoms. The summed E-state index contributed by atoms with van der Waals surface area (Å²) >= 11 is 0. The van der Waals surface area contributed by atoms with Gasteiger partial charge in [-0.2, -0.15) is 0 Å². The van der Waals surface area contributed by atoms with Gasteiger partial charge in [-0.05, 0) is 47.0 Å². The Morgan fingerprint density at radius 2 is 1.65 bits per heavy atom. The van der Waals surface area contributed by atoms with Crippen LogP contribution in [0.1, 0.15) is 16.9 Å². The molecule has 3 rings (SSSR count). The second-order valence-electron chi connectivity index (χ2n) is 5.61. The van der Waals surface area contributed by atoms with Crippen LogP contribution < -0.4 is 5.32 Å². The summed E-state index contributed by atoms with van der Waals surface area (Å²) in [6.07, 6.45) is 0. The fraction of sp³-hybridized carbons (Fsp3) is 0.111. The standard InChI is InChI=1S/C18H18NO3P/c1-13-5-4-8-17(11-13)19-18(23(20,21)22)16-10-9-14-6-2-3-7-15(14)12-16/h2-12,18-19H,1H3,(H2,20,21,22)/t18-/m1/s1. The lowest BCUT2D eigenvalue weighted by atomic mass is 10.1. The molecule has 0 radical (unpaired) electrons. The molecule has 0 saturated heterocycles. The molecule has 0 unspecified atom stereocenters. The van der Waals surface area contributed by atoms with Crippen molar-refractivity contribution in [1.29, 1.82) is 0 Å². The molecule has 4 nitrogen and oxygen atoms in total. The molecule has 0 fully saturated rings. The normalized spacial score (nSPS) is 13.0. The van der Waals surface area contributed by atoms with E-state index in [9.17, 15) is 14.4 Å². The molecule has 5 heteroatoms. The third kappa shape index (κ3) is 3.62. The number of anilines is 1. The van der Waals surface area contributed by atoms with Gasteiger partial charge in [0, 0.05) is 5.69 Å². The van der Waals surface area contributed by atoms with Crippen LogP contribution in [-0.4, -0.2) is 9.79 Å². The Balaban J connectivity index is 2.02. The highest BCUT2D eigenvalue weighted by Crippen LogP contribution is 2.52. The van der Waals surface area contributed by atoms with Crippen molar-refractivity contribution in [3.8, 4) is 0 Å². The SMILES string of the molecule is Cc1cccc(N[C@@H](c2ccc3ccccc3c2)P(=O)(O)O)c1. The third-order valence-corrected chi connectivity index (χ3v) is 4.85. The number of rotatable bonds is 4. The third-order valence-electron chi connectivity index (χ3n) is 3.75. The van der Waals surface area contributed by atoms with Crippen LogP contribution in [0.15, 0.2) is 66.7 Å². The van der Waals surface area contributed by atoms with Gasteiger partial charge in [-0.3, -0.25) is 4.57 Å². The van der Waals surface area contributed by atoms with Gasteiger partial charge in [-0.25, -0.2) is 0 Å². The highest BCUT2D eigenvalue weighted by Gasteiger charge is 2.30. The summed E-state index contributed by atoms with van der Waals surface area (Å²) in [6.45, 7) is 1.94. The average molecular weight is 327 g/mol. The van der Waals surface area contributed by atoms with Gasteiger partial charge >= 0.3 is 7.60 Å². The molecule has 118 valence electrons. The Morgan fingerprint density at radius 1 is 0.913 bits per heavy atom. The summed E-state index contributed by atoms with van der Waals surface area (Å²) in [5.41, 5.74) is 2.28. The molecule has 0 aliphatic carbocycles. The van der Waals surface area contributed by atoms with Gasteiger partial charge < -0.3 is 15.1 Å². The van der Waals surface area contributed by atoms with E-state index >= 15 is 0 Å². The number of benzene rings is 3. The molecule has 1 atom stereocenters. The molecular formula is C18H18NO3P. The zero-order valence-corrected chi connectivity index (χ0v) is 13.6. The van der Waals surface area contributed by atoms with Gasteiger partial charge in [0.1, 0.15) is 0 Å². The van der Waals surface area contributed by atoms with E-state index in [-0.39, 0.29) is 0 Å². The minimum atomic E-state index is -4.37. The summed E-state index contributed by atoms with van der Waals surface area (Å²) in [5, 5.41) is 4.97. The van der Waals surface area contributed by atoms with E-state index in [4.69, 9.17) is 0 Å². The molecular weight excluding hydrogens is 309 g/mol. The Labute approximate surface area is 135 Å². The van der Waals surface area contributed by atoms with Crippen LogP contribution in [-0.2, 0) is 4.57 Å². The van der Waals surface area contributed by atoms with Crippen molar-refractivity contribution in [3.63, 3.8) is 0 Å². The first-order valence-electron chi connectivity index (χ1n) is 7.30. The quantitative estimate of drug-likeness (QED) is 0.620. The minimum absolute atomic E-state index is 0.568. The van der Waals surface area contributed by atoms with E-state index in [2.05, 4.69) is 5.32 Å². The second kappa shape index (κ2) is 6.17. The Hall–Kier alpha value is -2.13. The maximum absolute atomic E-state index is 12.0. The van der Waals surface area contributed by atoms with Crippen LogP contribution in [0.2, 0.25) is 0 Å². The van der Waals surface area contributed by atoms with E-state index in [0.29, 0.717) is 11.3 Å². The van der Waals surface area contributed by atoms with E-state index in [0.717, 1.165) is 16.3 Å². The summed E-state index contributed by atoms with van der Waals surface area (Å²) in [4.78, 5) is 19.6. The molecule has 0 amide bonds. The zero-order valence-electron chi connectivity index (χ0n) is 12.7. The molecule has 3 N–H and O–H groups in total. The van der Waals surface area contributed by atoms with Gasteiger partial charge in [0.2, 0.25) is 0 Å². The Morgan fingerprint density at radius 3 is 2.35 bits per heavy atom. The lowest BCUT2D eigenvalue weighted by Crippen LogP contribution is -2.11. The summed E-state index contributed by atoms with van der Waals surface area (Å²) < 4.78 is 12.0. The second-order valence-corrected chi connectivity index (χ2v) is 7.31. The predicted octanol–water partition coefficient (Wildman–Crippen LogP) is 4.44. The van der Waals surface area contributed by atoms with Gasteiger partial charge in [-0.1, -0.05) is 48.5 Å². The minimum Gasteiger partial charge on any atom is -0.368 e. The maximum atomic E-state index is 12.0. The van der Waals surface area contributed by atoms with Crippen molar-refractivity contribution in [3.05, 3.63) is 77.9 Å². The maximum Gasteiger partial charge on any atom is 0.352 e. The summed E-state index contributed by atoms with van der Waals surface area (Å²) in [5.74, 6) is -1.08. The monoisotopic (exact) mass is 327 g/mol. The van der Waals surface area contributed by atoms with Crippen molar-refractivity contribution in [2.24, 2.45) is 0 Å². The lowest BCUT2D eigenvalue weighted by molar-refractivity contribution is 0.363. The van der Waals surface area contributed by atoms with Crippen molar-refractivity contribution in [2.75, 3.05) is 5.32 Å². The smallest absolute Gasteiger partial charge is 0.352 e. The molecule has 0 spiro atoms. The molecule has 3 aromatic rings. The number of fused-ring (bicyclic) bond motifs is 1. The summed E-state index contributed by atoms with van der Waals surface area (Å²) in [6, 6.07) is 20.7. The number of hydrogen-bond acceptors (Lipinski definition) is 2. The molecule has 3 aromatic carbocycles. The highest BCUT2D eigenvalue weighted by atomic mass is 31.2. The van der Waals surface area contributed by atoms with Gasteiger partial charge in [-0.15, -0.1) is 0 Å². The van der Waals surface area contributed by atoms with Crippen molar-refractivity contribution in [2.45, 2.75) is 12.7 Å². The Kier molecular flexibility index (Phi) is 4.22. The van der Waals surface area contributed by atoms with Gasteiger partial charge in [0.15, 0.2) is 5.78 Å². The first kappa shape index (κ1) is 15.8. The first-order valence-corrected chi connectivity index (χ1v) is 8.99. The summed E-state index contributed by atoms with van der Waals surface area (Å²) in [7, 11) is -4.37. The molecule has 0 saturated carbocycles. The predicted molar refractivity (Wildman–Crippen MR) is 93.5 cm³/mol. The zero-order chi connectivity index (χ0) is 16.4. The molecule has 0 aromatic heterocycles. The Bertz CT molecular complexity index is 888. The van der Waals surface area contributed by atoms with Crippen molar-refractivity contribution < 1.29 is 14.4 Å². The van der Waals surface area contributed by atoms with Crippen LogP contribution in [0.25, 0.3) is 10.8 Å². The van der Waals surface area contributed by atoms with E-state index in [1.807, 2.05) is 61.5 Å². The van der Waals surface area contributed by atoms with Gasteiger partial charge in [0.25, 0.3) is 0 Å². The van der Waals surface area contributed by atoms with Crippen LogP contribution >= 0.6 is 7.60 Å². The molecule has 0 heterocycles. The van der Waals surface area contributed by atoms with Crippen LogP contribution in [0.4, 0.5) is 5.69 Å². The number of nitrogens with one attached hydrogen (secondary N) is 1.